The highest BCUT2D eigenvalue weighted by molar-refractivity contribution is 7.86. The van der Waals surface area contributed by atoms with E-state index in [2.05, 4.69) is 5.32 Å². The molecule has 30 heavy (non-hydrogen) atoms. The fourth-order valence-electron chi connectivity index (χ4n) is 3.54. The van der Waals surface area contributed by atoms with Crippen LogP contribution >= 0.6 is 0 Å². The highest BCUT2D eigenvalue weighted by atomic mass is 32.2. The van der Waals surface area contributed by atoms with Crippen LogP contribution in [0.5, 0.6) is 0 Å². The van der Waals surface area contributed by atoms with Crippen LogP contribution in [0.2, 0.25) is 0 Å². The summed E-state index contributed by atoms with van der Waals surface area (Å²) < 4.78 is 42.2. The van der Waals surface area contributed by atoms with Crippen molar-refractivity contribution in [2.24, 2.45) is 0 Å². The lowest BCUT2D eigenvalue weighted by Gasteiger charge is -2.34. The summed E-state index contributed by atoms with van der Waals surface area (Å²) >= 11 is 0. The highest BCUT2D eigenvalue weighted by Crippen LogP contribution is 2.20. The van der Waals surface area contributed by atoms with Crippen LogP contribution in [0.25, 0.3) is 0 Å². The highest BCUT2D eigenvalue weighted by Gasteiger charge is 2.35. The molecule has 0 aliphatic carbocycles. The molecule has 1 fully saturated rings. The van der Waals surface area contributed by atoms with E-state index < -0.39 is 16.0 Å². The van der Waals surface area contributed by atoms with Crippen molar-refractivity contribution in [1.82, 2.24) is 13.9 Å². The molecule has 3 rings (SSSR count). The Balaban J connectivity index is 1.54. The van der Waals surface area contributed by atoms with Crippen LogP contribution in [0.1, 0.15) is 30.9 Å². The van der Waals surface area contributed by atoms with E-state index >= 15 is 0 Å². The Labute approximate surface area is 177 Å². The predicted octanol–water partition coefficient (Wildman–Crippen LogP) is 2.72. The van der Waals surface area contributed by atoms with Crippen molar-refractivity contribution in [2.75, 3.05) is 19.6 Å². The molecule has 0 spiro atoms. The van der Waals surface area contributed by atoms with Crippen LogP contribution in [0.15, 0.2) is 54.6 Å². The second-order valence-corrected chi connectivity index (χ2v) is 9.54. The molecular weight excluding hydrogens is 405 g/mol. The van der Waals surface area contributed by atoms with E-state index in [0.717, 1.165) is 12.8 Å². The largest absolute Gasteiger partial charge is 0.352 e. The molecule has 0 radical (unpaired) electrons. The molecule has 1 N–H and O–H groups in total. The van der Waals surface area contributed by atoms with Crippen molar-refractivity contribution in [3.05, 3.63) is 71.5 Å². The monoisotopic (exact) mass is 433 g/mol. The van der Waals surface area contributed by atoms with Gasteiger partial charge in [0.1, 0.15) is 5.82 Å². The van der Waals surface area contributed by atoms with E-state index in [0.29, 0.717) is 18.5 Å². The summed E-state index contributed by atoms with van der Waals surface area (Å²) in [5.74, 6) is -0.762. The number of hydrogen-bond acceptors (Lipinski definition) is 3. The summed E-state index contributed by atoms with van der Waals surface area (Å²) in [7, 11) is -3.83. The SMILES string of the molecule is C[C@@H](CCc1ccccc1)NC(=O)CN1CCCN(Cc2ccccc2F)S1(=O)=O. The normalized spacial score (nSPS) is 18.1. The van der Waals surface area contributed by atoms with Crippen LogP contribution in [0.3, 0.4) is 0 Å². The third-order valence-corrected chi connectivity index (χ3v) is 7.14. The van der Waals surface area contributed by atoms with Gasteiger partial charge < -0.3 is 5.32 Å². The van der Waals surface area contributed by atoms with Crippen molar-refractivity contribution in [3.8, 4) is 0 Å². The summed E-state index contributed by atoms with van der Waals surface area (Å²) in [4.78, 5) is 12.4. The molecular formula is C22H28FN3O3S. The molecule has 0 aromatic heterocycles. The number of halogens is 1. The molecule has 0 bridgehead atoms. The predicted molar refractivity (Wildman–Crippen MR) is 114 cm³/mol. The van der Waals surface area contributed by atoms with Crippen molar-refractivity contribution in [2.45, 2.75) is 38.8 Å². The van der Waals surface area contributed by atoms with Crippen LogP contribution in [0, 0.1) is 5.82 Å². The molecule has 2 aromatic rings. The second-order valence-electron chi connectivity index (χ2n) is 7.61. The van der Waals surface area contributed by atoms with Gasteiger partial charge in [0, 0.05) is 31.2 Å². The van der Waals surface area contributed by atoms with Gasteiger partial charge in [0.2, 0.25) is 5.91 Å². The molecule has 1 amide bonds. The average Bonchev–Trinajstić information content (AvgIpc) is 2.72. The molecule has 0 saturated carbocycles. The van der Waals surface area contributed by atoms with Crippen molar-refractivity contribution < 1.29 is 17.6 Å². The Morgan fingerprint density at radius 1 is 1.07 bits per heavy atom. The Hall–Kier alpha value is -2.29. The zero-order valence-electron chi connectivity index (χ0n) is 17.1. The third kappa shape index (κ3) is 5.87. The molecule has 1 saturated heterocycles. The van der Waals surface area contributed by atoms with Crippen LogP contribution < -0.4 is 5.32 Å². The van der Waals surface area contributed by atoms with Gasteiger partial charge in [-0.1, -0.05) is 48.5 Å². The lowest BCUT2D eigenvalue weighted by molar-refractivity contribution is -0.122. The zero-order chi connectivity index (χ0) is 21.6. The summed E-state index contributed by atoms with van der Waals surface area (Å²) in [5.41, 5.74) is 1.52. The van der Waals surface area contributed by atoms with Crippen LogP contribution in [0.4, 0.5) is 4.39 Å². The molecule has 2 aromatic carbocycles. The van der Waals surface area contributed by atoms with E-state index in [1.807, 2.05) is 37.3 Å². The molecule has 1 aliphatic heterocycles. The topological polar surface area (TPSA) is 69.7 Å². The number of benzene rings is 2. The van der Waals surface area contributed by atoms with Crippen molar-refractivity contribution in [1.29, 1.82) is 0 Å². The van der Waals surface area contributed by atoms with Gasteiger partial charge in [0.05, 0.1) is 6.54 Å². The van der Waals surface area contributed by atoms with Gasteiger partial charge in [-0.2, -0.15) is 17.0 Å². The minimum absolute atomic E-state index is 0.0411. The first-order valence-electron chi connectivity index (χ1n) is 10.2. The first-order chi connectivity index (χ1) is 14.4. The first kappa shape index (κ1) is 22.4. The standard InChI is InChI=1S/C22H28FN3O3S/c1-18(12-13-19-8-3-2-4-9-19)24-22(27)17-26-15-7-14-25(30(26,28)29)16-20-10-5-6-11-21(20)23/h2-6,8-11,18H,7,12-17H2,1H3,(H,24,27)/t18-/m0/s1. The Bertz CT molecular complexity index is 953. The Morgan fingerprint density at radius 3 is 2.47 bits per heavy atom. The summed E-state index contributed by atoms with van der Waals surface area (Å²) in [6, 6.07) is 16.1. The molecule has 1 atom stereocenters. The Kier molecular flexibility index (Phi) is 7.58. The molecule has 6 nitrogen and oxygen atoms in total. The van der Waals surface area contributed by atoms with Crippen molar-refractivity contribution >= 4 is 16.1 Å². The van der Waals surface area contributed by atoms with E-state index in [1.165, 1.54) is 20.2 Å². The first-order valence-corrected chi connectivity index (χ1v) is 11.6. The average molecular weight is 434 g/mol. The maximum absolute atomic E-state index is 13.9. The number of aryl methyl sites for hydroxylation is 1. The van der Waals surface area contributed by atoms with Gasteiger partial charge in [0.15, 0.2) is 0 Å². The van der Waals surface area contributed by atoms with E-state index in [1.54, 1.807) is 18.2 Å². The summed E-state index contributed by atoms with van der Waals surface area (Å²) in [6.07, 6.45) is 2.19. The number of hydrogen-bond donors (Lipinski definition) is 1. The fourth-order valence-corrected chi connectivity index (χ4v) is 5.16. The van der Waals surface area contributed by atoms with Gasteiger partial charge in [0.25, 0.3) is 10.2 Å². The molecule has 1 aliphatic rings. The third-order valence-electron chi connectivity index (χ3n) is 5.21. The number of carbonyl (C=O) groups excluding carboxylic acids is 1. The van der Waals surface area contributed by atoms with E-state index in [9.17, 15) is 17.6 Å². The van der Waals surface area contributed by atoms with Crippen molar-refractivity contribution in [3.63, 3.8) is 0 Å². The molecule has 1 heterocycles. The quantitative estimate of drug-likeness (QED) is 0.696. The lowest BCUT2D eigenvalue weighted by Crippen LogP contribution is -2.52. The van der Waals surface area contributed by atoms with Gasteiger partial charge in [-0.3, -0.25) is 4.79 Å². The maximum Gasteiger partial charge on any atom is 0.282 e. The Morgan fingerprint density at radius 2 is 1.73 bits per heavy atom. The number of nitrogens with zero attached hydrogens (tertiary/aromatic N) is 2. The molecule has 0 unspecified atom stereocenters. The second kappa shape index (κ2) is 10.1. The molecule has 8 heteroatoms. The lowest BCUT2D eigenvalue weighted by atomic mass is 10.1. The van der Waals surface area contributed by atoms with Crippen LogP contribution in [-0.4, -0.2) is 48.6 Å². The van der Waals surface area contributed by atoms with E-state index in [-0.39, 0.29) is 31.6 Å². The maximum atomic E-state index is 13.9. The van der Waals surface area contributed by atoms with Gasteiger partial charge in [-0.05, 0) is 37.8 Å². The smallest absolute Gasteiger partial charge is 0.282 e. The number of rotatable bonds is 8. The summed E-state index contributed by atoms with van der Waals surface area (Å²) in [6.45, 7) is 2.23. The zero-order valence-corrected chi connectivity index (χ0v) is 17.9. The minimum atomic E-state index is -3.83. The number of amides is 1. The molecule has 162 valence electrons. The summed E-state index contributed by atoms with van der Waals surface area (Å²) in [5, 5.41) is 2.89. The number of nitrogens with one attached hydrogen (secondary N) is 1. The van der Waals surface area contributed by atoms with E-state index in [4.69, 9.17) is 0 Å². The minimum Gasteiger partial charge on any atom is -0.352 e. The van der Waals surface area contributed by atoms with Gasteiger partial charge in [-0.25, -0.2) is 4.39 Å². The fraction of sp³-hybridized carbons (Fsp3) is 0.409. The van der Waals surface area contributed by atoms with Crippen LogP contribution in [-0.2, 0) is 28.0 Å². The number of carbonyl (C=O) groups is 1. The van der Waals surface area contributed by atoms with Gasteiger partial charge >= 0.3 is 0 Å². The van der Waals surface area contributed by atoms with Gasteiger partial charge in [-0.15, -0.1) is 0 Å².